The minimum Gasteiger partial charge on any atom is -0.518 e. The topological polar surface area (TPSA) is 391 Å². The number of aryl methyl sites for hydroxylation is 4. The summed E-state index contributed by atoms with van der Waals surface area (Å²) in [6.45, 7) is 33.4. The first-order chi connectivity index (χ1) is 51.2. The number of hydrogen-bond donors (Lipinski definition) is 9. The van der Waals surface area contributed by atoms with E-state index in [1.807, 2.05) is 77.7 Å². The Kier molecular flexibility index (Phi) is 32.6. The molecule has 612 valence electrons. The molecule has 28 nitrogen and oxygen atoms in total. The van der Waals surface area contributed by atoms with Crippen LogP contribution in [0, 0.1) is 45.4 Å². The van der Waals surface area contributed by atoms with Crippen LogP contribution in [-0.4, -0.2) is 180 Å². The molecule has 110 heavy (non-hydrogen) atoms. The Morgan fingerprint density at radius 3 is 1.35 bits per heavy atom. The number of alkyl halides is 6. The van der Waals surface area contributed by atoms with Gasteiger partial charge in [-0.15, -0.1) is 0 Å². The first-order valence-electron chi connectivity index (χ1n) is 36.3. The summed E-state index contributed by atoms with van der Waals surface area (Å²) in [5.74, 6) is -0.545. The van der Waals surface area contributed by atoms with Gasteiger partial charge in [-0.05, 0) is 125 Å². The van der Waals surface area contributed by atoms with Gasteiger partial charge in [0.1, 0.15) is 41.9 Å². The average molecular weight is 1600 g/mol. The van der Waals surface area contributed by atoms with E-state index in [2.05, 4.69) is 50.2 Å². The molecule has 2 amide bonds. The zero-order chi connectivity index (χ0) is 83.3. The molecule has 35 heteroatoms. The zero-order valence-corrected chi connectivity index (χ0v) is 67.6. The van der Waals surface area contributed by atoms with Crippen molar-refractivity contribution in [3.05, 3.63) is 161 Å². The number of aliphatic hydroxyl groups is 5. The molecule has 0 saturated carbocycles. The number of nitrogens with two attached hydrogens (primary N) is 1. The summed E-state index contributed by atoms with van der Waals surface area (Å²) < 4.78 is 106. The van der Waals surface area contributed by atoms with Crippen molar-refractivity contribution >= 4 is 49.2 Å². The van der Waals surface area contributed by atoms with Gasteiger partial charge in [-0.25, -0.2) is 41.3 Å². The van der Waals surface area contributed by atoms with Gasteiger partial charge in [0, 0.05) is 75.9 Å². The highest BCUT2D eigenvalue weighted by molar-refractivity contribution is 6.70. The van der Waals surface area contributed by atoms with Crippen LogP contribution in [0.15, 0.2) is 105 Å². The molecule has 2 aromatic carbocycles. The van der Waals surface area contributed by atoms with Gasteiger partial charge in [0.15, 0.2) is 58.9 Å². The molecule has 2 unspecified atom stereocenters. The second-order valence-corrected chi connectivity index (χ2v) is 34.0. The predicted octanol–water partition coefficient (Wildman–Crippen LogP) is 9.89. The average Bonchev–Trinajstić information content (AvgIpc) is 1.61. The molecule has 20 atom stereocenters. The number of nitrogens with zero attached hydrogens (tertiary/aromatic N) is 7. The number of benzene rings is 2. The van der Waals surface area contributed by atoms with Crippen LogP contribution in [0.3, 0.4) is 0 Å². The minimum absolute atomic E-state index is 0.0208. The minimum atomic E-state index is -2.26. The van der Waals surface area contributed by atoms with Crippen molar-refractivity contribution < 1.29 is 85.2 Å². The molecule has 5 aliphatic heterocycles. The van der Waals surface area contributed by atoms with Crippen LogP contribution in [0.2, 0.25) is 19.6 Å². The van der Waals surface area contributed by atoms with Crippen molar-refractivity contribution in [2.45, 2.75) is 258 Å². The lowest BCUT2D eigenvalue weighted by molar-refractivity contribution is -0.138. The van der Waals surface area contributed by atoms with Crippen LogP contribution in [0.5, 0.6) is 6.01 Å². The number of H-pyrrole nitrogens is 1. The number of rotatable bonds is 14. The summed E-state index contributed by atoms with van der Waals surface area (Å²) in [6, 6.07) is 18.0. The van der Waals surface area contributed by atoms with E-state index in [-0.39, 0.29) is 65.1 Å². The molecule has 5 fully saturated rings. The highest BCUT2D eigenvalue weighted by atomic mass is 35.5. The van der Waals surface area contributed by atoms with Crippen molar-refractivity contribution in [3.8, 4) is 6.01 Å². The van der Waals surface area contributed by atoms with Crippen LogP contribution >= 0.6 is 11.6 Å². The largest absolute Gasteiger partial charge is 0.518 e. The number of nitrogen functional groups attached to an aromatic ring is 1. The summed E-state index contributed by atoms with van der Waals surface area (Å²) in [4.78, 5) is 89.7. The number of hydrogen-bond acceptors (Lipinski definition) is 22. The molecule has 11 rings (SSSR count). The van der Waals surface area contributed by atoms with Crippen LogP contribution in [-0.2, 0) is 23.7 Å². The Labute approximate surface area is 642 Å². The normalized spacial score (nSPS) is 31.2. The van der Waals surface area contributed by atoms with E-state index in [0.29, 0.717) is 40.5 Å². The second kappa shape index (κ2) is 38.7. The maximum absolute atomic E-state index is 15.3. The van der Waals surface area contributed by atoms with Gasteiger partial charge in [0.25, 0.3) is 17.4 Å². The highest BCUT2D eigenvalue weighted by Gasteiger charge is 2.58. The van der Waals surface area contributed by atoms with Crippen LogP contribution in [0.4, 0.5) is 39.4 Å². The molecule has 10 N–H and O–H groups in total. The number of aliphatic hydroxyl groups excluding tert-OH is 5. The highest BCUT2D eigenvalue weighted by Crippen LogP contribution is 2.47. The van der Waals surface area contributed by atoms with Crippen molar-refractivity contribution in [2.24, 2.45) is 17.8 Å². The van der Waals surface area contributed by atoms with Crippen molar-refractivity contribution in [2.75, 3.05) is 29.6 Å². The Hall–Kier alpha value is -7.74. The van der Waals surface area contributed by atoms with Gasteiger partial charge < -0.3 is 70.0 Å². The maximum atomic E-state index is 15.3. The smallest absolute Gasteiger partial charge is 0.351 e. The first kappa shape index (κ1) is 92.9. The van der Waals surface area contributed by atoms with E-state index < -0.39 is 127 Å². The summed E-state index contributed by atoms with van der Waals surface area (Å²) in [6.07, 6.45) is -2.97. The third-order valence-corrected chi connectivity index (χ3v) is 21.1. The van der Waals surface area contributed by atoms with Crippen molar-refractivity contribution in [1.82, 2.24) is 38.6 Å². The van der Waals surface area contributed by atoms with Gasteiger partial charge in [-0.2, -0.15) is 15.0 Å². The summed E-state index contributed by atoms with van der Waals surface area (Å²) in [7, 11) is -1.78. The van der Waals surface area contributed by atoms with Crippen LogP contribution in [0.25, 0.3) is 0 Å². The summed E-state index contributed by atoms with van der Waals surface area (Å²) >= 11 is 5.67. The molecule has 5 saturated heterocycles. The van der Waals surface area contributed by atoms with Crippen LogP contribution < -0.4 is 43.4 Å². The number of anilines is 3. The molecule has 0 radical (unpaired) electrons. The van der Waals surface area contributed by atoms with E-state index in [4.69, 9.17) is 60.8 Å². The maximum Gasteiger partial charge on any atom is 0.351 e. The lowest BCUT2D eigenvalue weighted by Crippen LogP contribution is -2.44. The number of aromatic amines is 1. The van der Waals surface area contributed by atoms with Gasteiger partial charge >= 0.3 is 23.1 Å². The fourth-order valence-corrected chi connectivity index (χ4v) is 13.2. The lowest BCUT2D eigenvalue weighted by Gasteiger charge is -2.26. The van der Waals surface area contributed by atoms with Gasteiger partial charge in [-0.1, -0.05) is 103 Å². The molecule has 0 spiro atoms. The molecule has 0 aliphatic carbocycles. The van der Waals surface area contributed by atoms with Crippen molar-refractivity contribution in [1.29, 1.82) is 0 Å². The molecule has 5 aliphatic rings. The van der Waals surface area contributed by atoms with E-state index in [0.717, 1.165) is 47.6 Å². The fraction of sp³-hybridized carbons (Fsp3) is 0.600. The van der Waals surface area contributed by atoms with Gasteiger partial charge in [-0.3, -0.25) is 33.1 Å². The molecule has 9 heterocycles. The predicted molar refractivity (Wildman–Crippen MR) is 407 cm³/mol. The number of carbonyl (C=O) groups is 2. The second-order valence-electron chi connectivity index (χ2n) is 29.2. The Morgan fingerprint density at radius 2 is 0.955 bits per heavy atom. The zero-order valence-electron chi connectivity index (χ0n) is 65.9. The Balaban J connectivity index is 0.000000241. The number of halogens is 6. The molecule has 0 bridgehead atoms. The quantitative estimate of drug-likeness (QED) is 0.0278. The monoisotopic (exact) mass is 1590 g/mol. The summed E-state index contributed by atoms with van der Waals surface area (Å²) in [5, 5.41) is 52.1. The molecule has 6 aromatic rings. The number of nitrogens with one attached hydrogen (secondary N) is 3. The molecular formula is C75H109ClF5N11O17Si. The molecule has 4 aromatic heterocycles. The number of amides is 2. The van der Waals surface area contributed by atoms with Gasteiger partial charge in [0.05, 0.1) is 31.5 Å². The third kappa shape index (κ3) is 21.9. The standard InChI is InChI=1S/C20H24FN3O3.C15H19N3O2Si.C11H16FN3O4.C11H15FN2O5.C8H14ClFO.C8H15FO2.C2H6/c1-5-15-13(3)20(4,21)18(27-15)24-11-12(2)16(23-19(24)26)22-17(25)14-9-7-6-8-10-14;1-11-10-16-15(20-21(2,3)4)18-13(11)17-14(19)12-8-6-5-7-9-12;1-5-3-15(10(18)14-8(5)13)9-11(2,12)7(17)6(4-16)19-9;1-5-3-14(10(18)13-8(5)17)9-11(2,12)7(16)6(4-15)19-9;1-4-6-5(2)8(3,10)7(9)11-6;1-4-6-5(2)8(3,9)7(10)11-6;1-2/h6-11,13,15,18H,5H2,1-4H3,(H,22,23,25,26);5-10H,1-4H3,(H,16,17,18,19);3,6-7,9,16-17H,4H2,1-2H3,(H2,13,14,18);3,6-7,9,15-16H,4H2,1-2H3,(H,13,17,18);5-7H,4H2,1-3H3;5-7,10H,4H2,1-3H3;1-2H3/t13-,15-,18-,20-;;2*6-,7-,9-,11-;2*5-,6-,7?,8-;/m1.1111./s1. The molecular weight excluding hydrogens is 1490 g/mol. The SMILES string of the molecule is CC.CC[C@H]1OC(Cl)[C@](C)(F)[C@@H]1C.CC[C@H]1OC(O)[C@](C)(F)[C@@H]1C.CC[C@H]1O[C@@H](n2cc(C)c(NC(=O)c3ccccc3)nc2=O)[C@](C)(F)[C@@H]1C.Cc1cn([C@@H]2O[C@H](CO)[C@@H](O)[C@@]2(C)F)c(=O)[nH]c1=O.Cc1cn([C@@H]2O[C@H](CO)[C@@H](O)[C@@]2(C)F)c(=O)nc1N.Cc1cnc(O[Si](C)(C)C)nc1NC(=O)c1ccccc1. The van der Waals surface area contributed by atoms with Crippen LogP contribution in [0.1, 0.15) is 171 Å². The van der Waals surface area contributed by atoms with E-state index in [9.17, 15) is 56.5 Å². The fourth-order valence-electron chi connectivity index (χ4n) is 12.2. The third-order valence-electron chi connectivity index (χ3n) is 19.8. The lowest BCUT2D eigenvalue weighted by atomic mass is 9.88. The number of ether oxygens (including phenoxy) is 5. The Bertz CT molecular complexity index is 4240. The first-order valence-corrected chi connectivity index (χ1v) is 40.2. The van der Waals surface area contributed by atoms with E-state index in [1.54, 1.807) is 70.3 Å². The van der Waals surface area contributed by atoms with E-state index in [1.165, 1.54) is 44.7 Å². The number of carbonyl (C=O) groups excluding carboxylic acids is 2. The van der Waals surface area contributed by atoms with E-state index >= 15 is 4.39 Å². The Morgan fingerprint density at radius 1 is 0.564 bits per heavy atom. The van der Waals surface area contributed by atoms with Crippen molar-refractivity contribution in [3.63, 3.8) is 0 Å². The number of aromatic nitrogens is 8. The summed E-state index contributed by atoms with van der Waals surface area (Å²) in [5.41, 5.74) is -4.20. The van der Waals surface area contributed by atoms with Gasteiger partial charge in [0.2, 0.25) is 8.32 Å².